The van der Waals surface area contributed by atoms with E-state index in [0.29, 0.717) is 12.0 Å². The van der Waals surface area contributed by atoms with E-state index in [2.05, 4.69) is 37.9 Å². The topological polar surface area (TPSA) is 41.8 Å². The number of allylic oxidation sites excluding steroid dienone is 1. The Hall–Kier alpha value is -1.02. The van der Waals surface area contributed by atoms with Crippen LogP contribution in [-0.4, -0.2) is 11.0 Å². The molecule has 16 heavy (non-hydrogen) atoms. The Balaban J connectivity index is 2.49. The number of nitrogens with two attached hydrogens (primary N) is 1. The molecule has 0 aliphatic heterocycles. The number of hydrogen-bond acceptors (Lipinski definition) is 1. The lowest BCUT2D eigenvalue weighted by molar-refractivity contribution is 0.568. The number of aromatic amines is 1. The second-order valence-electron chi connectivity index (χ2n) is 5.07. The molecule has 0 saturated carbocycles. The lowest BCUT2D eigenvalue weighted by Gasteiger charge is -2.20. The molecule has 2 heteroatoms. The summed E-state index contributed by atoms with van der Waals surface area (Å²) in [5, 5.41) is 0. The zero-order chi connectivity index (χ0) is 11.7. The molecule has 1 aromatic heterocycles. The van der Waals surface area contributed by atoms with Crippen LogP contribution in [0.25, 0.3) is 6.08 Å². The average molecular weight is 218 g/mol. The highest BCUT2D eigenvalue weighted by Gasteiger charge is 2.23. The SMILES string of the molecule is C/C=C\c1[nH]c2c(c1C(C)C)C[C@H](N)CC2. The van der Waals surface area contributed by atoms with Crippen molar-refractivity contribution >= 4 is 6.08 Å². The minimum absolute atomic E-state index is 0.347. The van der Waals surface area contributed by atoms with Crippen molar-refractivity contribution in [1.82, 2.24) is 4.98 Å². The van der Waals surface area contributed by atoms with Crippen molar-refractivity contribution in [2.24, 2.45) is 5.73 Å². The van der Waals surface area contributed by atoms with Gasteiger partial charge in [-0.15, -0.1) is 0 Å². The average Bonchev–Trinajstić information content (AvgIpc) is 2.55. The first kappa shape index (κ1) is 11.5. The maximum absolute atomic E-state index is 6.07. The van der Waals surface area contributed by atoms with E-state index in [1.165, 1.54) is 22.5 Å². The molecule has 88 valence electrons. The van der Waals surface area contributed by atoms with Crippen LogP contribution in [0.15, 0.2) is 6.08 Å². The van der Waals surface area contributed by atoms with Gasteiger partial charge in [-0.2, -0.15) is 0 Å². The van der Waals surface area contributed by atoms with Crippen LogP contribution in [0.4, 0.5) is 0 Å². The van der Waals surface area contributed by atoms with Crippen molar-refractivity contribution < 1.29 is 0 Å². The van der Waals surface area contributed by atoms with E-state index in [0.717, 1.165) is 19.3 Å². The normalized spacial score (nSPS) is 20.7. The quantitative estimate of drug-likeness (QED) is 0.787. The third-order valence-corrected chi connectivity index (χ3v) is 3.41. The molecule has 2 nitrogen and oxygen atoms in total. The standard InChI is InChI=1S/C14H22N2/c1-4-5-13-14(9(2)3)11-8-10(15)6-7-12(11)16-13/h4-5,9-10,16H,6-8,15H2,1-3H3/b5-4-/t10-/m1/s1. The van der Waals surface area contributed by atoms with Gasteiger partial charge < -0.3 is 10.7 Å². The van der Waals surface area contributed by atoms with Crippen LogP contribution < -0.4 is 5.73 Å². The summed E-state index contributed by atoms with van der Waals surface area (Å²) in [6, 6.07) is 0.347. The number of nitrogens with one attached hydrogen (secondary N) is 1. The molecule has 2 rings (SSSR count). The van der Waals surface area contributed by atoms with Gasteiger partial charge in [0.15, 0.2) is 0 Å². The van der Waals surface area contributed by atoms with E-state index in [1.807, 2.05) is 0 Å². The van der Waals surface area contributed by atoms with Crippen molar-refractivity contribution in [2.75, 3.05) is 0 Å². The number of fused-ring (bicyclic) bond motifs is 1. The molecule has 1 aliphatic carbocycles. The van der Waals surface area contributed by atoms with E-state index in [1.54, 1.807) is 0 Å². The first-order valence-corrected chi connectivity index (χ1v) is 6.25. The van der Waals surface area contributed by atoms with Crippen molar-refractivity contribution in [2.45, 2.75) is 52.0 Å². The molecule has 3 N–H and O–H groups in total. The third kappa shape index (κ3) is 1.94. The number of aryl methyl sites for hydroxylation is 1. The minimum Gasteiger partial charge on any atom is -0.358 e. The maximum atomic E-state index is 6.07. The molecule has 0 unspecified atom stereocenters. The predicted molar refractivity (Wildman–Crippen MR) is 69.6 cm³/mol. The summed E-state index contributed by atoms with van der Waals surface area (Å²) < 4.78 is 0. The van der Waals surface area contributed by atoms with Gasteiger partial charge in [-0.05, 0) is 49.3 Å². The Morgan fingerprint density at radius 1 is 1.44 bits per heavy atom. The largest absolute Gasteiger partial charge is 0.358 e. The van der Waals surface area contributed by atoms with E-state index in [9.17, 15) is 0 Å². The van der Waals surface area contributed by atoms with Crippen LogP contribution in [0.3, 0.4) is 0 Å². The van der Waals surface area contributed by atoms with Crippen molar-refractivity contribution in [3.05, 3.63) is 28.6 Å². The second kappa shape index (κ2) is 4.46. The van der Waals surface area contributed by atoms with Gasteiger partial charge >= 0.3 is 0 Å². The monoisotopic (exact) mass is 218 g/mol. The number of rotatable bonds is 2. The number of aromatic nitrogens is 1. The molecule has 1 atom stereocenters. The third-order valence-electron chi connectivity index (χ3n) is 3.41. The molecule has 0 amide bonds. The van der Waals surface area contributed by atoms with Crippen LogP contribution in [0.5, 0.6) is 0 Å². The fraction of sp³-hybridized carbons (Fsp3) is 0.571. The fourth-order valence-corrected chi connectivity index (χ4v) is 2.73. The molecule has 0 aromatic carbocycles. The summed E-state index contributed by atoms with van der Waals surface area (Å²) >= 11 is 0. The van der Waals surface area contributed by atoms with Gasteiger partial charge in [0.25, 0.3) is 0 Å². The fourth-order valence-electron chi connectivity index (χ4n) is 2.73. The Morgan fingerprint density at radius 3 is 2.81 bits per heavy atom. The van der Waals surface area contributed by atoms with Gasteiger partial charge in [-0.3, -0.25) is 0 Å². The zero-order valence-electron chi connectivity index (χ0n) is 10.5. The first-order chi connectivity index (χ1) is 7.63. The highest BCUT2D eigenvalue weighted by molar-refractivity contribution is 5.56. The Labute approximate surface area is 97.9 Å². The molecule has 1 aliphatic rings. The molecular formula is C14H22N2. The highest BCUT2D eigenvalue weighted by Crippen LogP contribution is 2.32. The lowest BCUT2D eigenvalue weighted by atomic mass is 9.87. The van der Waals surface area contributed by atoms with Gasteiger partial charge in [0.05, 0.1) is 0 Å². The van der Waals surface area contributed by atoms with Crippen LogP contribution in [0.2, 0.25) is 0 Å². The molecule has 1 heterocycles. The van der Waals surface area contributed by atoms with Gasteiger partial charge in [-0.1, -0.05) is 19.9 Å². The van der Waals surface area contributed by atoms with Crippen molar-refractivity contribution in [3.63, 3.8) is 0 Å². The Kier molecular flexibility index (Phi) is 3.20. The number of H-pyrrole nitrogens is 1. The summed E-state index contributed by atoms with van der Waals surface area (Å²) in [6.07, 6.45) is 7.53. The summed E-state index contributed by atoms with van der Waals surface area (Å²) in [7, 11) is 0. The van der Waals surface area contributed by atoms with Crippen molar-refractivity contribution in [1.29, 1.82) is 0 Å². The first-order valence-electron chi connectivity index (χ1n) is 6.25. The molecule has 0 radical (unpaired) electrons. The molecular weight excluding hydrogens is 196 g/mol. The van der Waals surface area contributed by atoms with Crippen LogP contribution >= 0.6 is 0 Å². The Bertz CT molecular complexity index is 399. The van der Waals surface area contributed by atoms with Gasteiger partial charge in [0, 0.05) is 17.4 Å². The van der Waals surface area contributed by atoms with Gasteiger partial charge in [-0.25, -0.2) is 0 Å². The Morgan fingerprint density at radius 2 is 2.19 bits per heavy atom. The van der Waals surface area contributed by atoms with Crippen LogP contribution in [-0.2, 0) is 12.8 Å². The summed E-state index contributed by atoms with van der Waals surface area (Å²) in [5.41, 5.74) is 11.7. The summed E-state index contributed by atoms with van der Waals surface area (Å²) in [4.78, 5) is 3.56. The van der Waals surface area contributed by atoms with E-state index >= 15 is 0 Å². The smallest absolute Gasteiger partial charge is 0.0417 e. The second-order valence-corrected chi connectivity index (χ2v) is 5.07. The van der Waals surface area contributed by atoms with Gasteiger partial charge in [0.2, 0.25) is 0 Å². The minimum atomic E-state index is 0.347. The molecule has 0 spiro atoms. The summed E-state index contributed by atoms with van der Waals surface area (Å²) in [6.45, 7) is 6.59. The zero-order valence-corrected chi connectivity index (χ0v) is 10.5. The van der Waals surface area contributed by atoms with Gasteiger partial charge in [0.1, 0.15) is 0 Å². The van der Waals surface area contributed by atoms with E-state index in [4.69, 9.17) is 5.73 Å². The molecule has 0 saturated heterocycles. The maximum Gasteiger partial charge on any atom is 0.0417 e. The summed E-state index contributed by atoms with van der Waals surface area (Å²) in [5.74, 6) is 0.566. The predicted octanol–water partition coefficient (Wildman–Crippen LogP) is 2.99. The van der Waals surface area contributed by atoms with Crippen LogP contribution in [0, 0.1) is 0 Å². The molecule has 0 fully saturated rings. The lowest BCUT2D eigenvalue weighted by Crippen LogP contribution is -2.28. The van der Waals surface area contributed by atoms with Crippen molar-refractivity contribution in [3.8, 4) is 0 Å². The molecule has 1 aromatic rings. The molecule has 0 bridgehead atoms. The highest BCUT2D eigenvalue weighted by atomic mass is 14.8. The number of hydrogen-bond donors (Lipinski definition) is 2. The van der Waals surface area contributed by atoms with E-state index < -0.39 is 0 Å². The van der Waals surface area contributed by atoms with E-state index in [-0.39, 0.29) is 0 Å². The van der Waals surface area contributed by atoms with Crippen LogP contribution in [0.1, 0.15) is 55.6 Å².